The van der Waals surface area contributed by atoms with Crippen molar-refractivity contribution < 1.29 is 23.1 Å². The lowest BCUT2D eigenvalue weighted by atomic mass is 10.0. The van der Waals surface area contributed by atoms with Crippen LogP contribution in [-0.4, -0.2) is 11.1 Å². The van der Waals surface area contributed by atoms with Crippen LogP contribution in [0.15, 0.2) is 12.1 Å². The maximum atomic E-state index is 13.2. The molecule has 0 saturated heterocycles. The number of halogens is 3. The van der Waals surface area contributed by atoms with Gasteiger partial charge < -0.3 is 5.11 Å². The number of carboxylic acid groups (broad SMARTS) is 1. The van der Waals surface area contributed by atoms with E-state index in [1.54, 1.807) is 0 Å². The van der Waals surface area contributed by atoms with Gasteiger partial charge in [-0.25, -0.2) is 13.2 Å². The number of hydrogen-bond acceptors (Lipinski definition) is 1. The Morgan fingerprint density at radius 2 is 2.07 bits per heavy atom. The smallest absolute Gasteiger partial charge is 0.307 e. The molecule has 5 heteroatoms. The van der Waals surface area contributed by atoms with Gasteiger partial charge in [0.05, 0.1) is 6.42 Å². The van der Waals surface area contributed by atoms with Crippen LogP contribution in [0.1, 0.15) is 23.1 Å². The van der Waals surface area contributed by atoms with Crippen LogP contribution in [0, 0.1) is 12.7 Å². The molecule has 0 aliphatic rings. The molecule has 0 bridgehead atoms. The first-order chi connectivity index (χ1) is 6.91. The predicted molar refractivity (Wildman–Crippen MR) is 47.4 cm³/mol. The maximum Gasteiger partial charge on any atom is 0.307 e. The molecule has 1 aromatic carbocycles. The Kier molecular flexibility index (Phi) is 3.34. The lowest BCUT2D eigenvalue weighted by Crippen LogP contribution is -2.05. The third-order valence-electron chi connectivity index (χ3n) is 2.02. The number of alkyl halides is 2. The van der Waals surface area contributed by atoms with Crippen LogP contribution in [0.4, 0.5) is 13.2 Å². The summed E-state index contributed by atoms with van der Waals surface area (Å²) in [6.45, 7) is 1.41. The van der Waals surface area contributed by atoms with E-state index in [0.29, 0.717) is 6.07 Å². The molecular formula is C10H9F3O2. The van der Waals surface area contributed by atoms with Crippen LogP contribution in [0.3, 0.4) is 0 Å². The number of carboxylic acids is 1. The lowest BCUT2D eigenvalue weighted by molar-refractivity contribution is -0.136. The molecule has 2 nitrogen and oxygen atoms in total. The van der Waals surface area contributed by atoms with Crippen molar-refractivity contribution >= 4 is 5.97 Å². The van der Waals surface area contributed by atoms with Gasteiger partial charge in [0.25, 0.3) is 6.43 Å². The van der Waals surface area contributed by atoms with Gasteiger partial charge in [-0.05, 0) is 24.6 Å². The first kappa shape index (κ1) is 11.6. The minimum absolute atomic E-state index is 0.0492. The Bertz CT molecular complexity index is 365. The quantitative estimate of drug-likeness (QED) is 0.846. The van der Waals surface area contributed by atoms with E-state index < -0.39 is 30.2 Å². The summed E-state index contributed by atoms with van der Waals surface area (Å²) in [5, 5.41) is 8.48. The molecule has 0 amide bonds. The zero-order valence-electron chi connectivity index (χ0n) is 7.93. The molecule has 0 atom stereocenters. The number of benzene rings is 1. The topological polar surface area (TPSA) is 37.3 Å². The molecule has 0 spiro atoms. The summed E-state index contributed by atoms with van der Waals surface area (Å²) in [5.74, 6) is -2.09. The largest absolute Gasteiger partial charge is 0.481 e. The number of aryl methyl sites for hydroxylation is 1. The lowest BCUT2D eigenvalue weighted by Gasteiger charge is -2.08. The monoisotopic (exact) mass is 218 g/mol. The highest BCUT2D eigenvalue weighted by Gasteiger charge is 2.15. The molecule has 0 fully saturated rings. The summed E-state index contributed by atoms with van der Waals surface area (Å²) in [4.78, 5) is 10.4. The van der Waals surface area contributed by atoms with Gasteiger partial charge in [0.1, 0.15) is 5.82 Å². The summed E-state index contributed by atoms with van der Waals surface area (Å²) < 4.78 is 37.7. The minimum Gasteiger partial charge on any atom is -0.481 e. The summed E-state index contributed by atoms with van der Waals surface area (Å²) in [5.41, 5.74) is -0.251. The van der Waals surface area contributed by atoms with Crippen molar-refractivity contribution in [2.24, 2.45) is 0 Å². The molecule has 1 N–H and O–H groups in total. The Labute approximate surface area is 84.3 Å². The highest BCUT2D eigenvalue weighted by atomic mass is 19.3. The van der Waals surface area contributed by atoms with Crippen molar-refractivity contribution in [3.63, 3.8) is 0 Å². The summed E-state index contributed by atoms with van der Waals surface area (Å²) in [7, 11) is 0. The number of hydrogen-bond donors (Lipinski definition) is 1. The highest BCUT2D eigenvalue weighted by Crippen LogP contribution is 2.24. The van der Waals surface area contributed by atoms with Crippen LogP contribution in [0.25, 0.3) is 0 Å². The van der Waals surface area contributed by atoms with Gasteiger partial charge in [-0.3, -0.25) is 4.79 Å². The average molecular weight is 218 g/mol. The fourth-order valence-corrected chi connectivity index (χ4v) is 1.30. The molecule has 0 aliphatic heterocycles. The van der Waals surface area contributed by atoms with E-state index in [2.05, 4.69) is 0 Å². The van der Waals surface area contributed by atoms with Gasteiger partial charge in [-0.15, -0.1) is 0 Å². The fraction of sp³-hybridized carbons (Fsp3) is 0.300. The zero-order chi connectivity index (χ0) is 11.6. The molecule has 0 heterocycles. The van der Waals surface area contributed by atoms with Gasteiger partial charge in [0.15, 0.2) is 0 Å². The van der Waals surface area contributed by atoms with Gasteiger partial charge in [0.2, 0.25) is 0 Å². The Hall–Kier alpha value is -1.52. The average Bonchev–Trinajstić information content (AvgIpc) is 2.10. The van der Waals surface area contributed by atoms with E-state index in [1.807, 2.05) is 0 Å². The second kappa shape index (κ2) is 4.33. The van der Waals surface area contributed by atoms with Gasteiger partial charge in [-0.1, -0.05) is 0 Å². The Morgan fingerprint density at radius 3 is 2.47 bits per heavy atom. The molecule has 1 rings (SSSR count). The van der Waals surface area contributed by atoms with Crippen molar-refractivity contribution in [2.75, 3.05) is 0 Å². The van der Waals surface area contributed by atoms with Crippen LogP contribution in [0.2, 0.25) is 0 Å². The second-order valence-corrected chi connectivity index (χ2v) is 3.17. The van der Waals surface area contributed by atoms with E-state index in [4.69, 9.17) is 5.11 Å². The van der Waals surface area contributed by atoms with Crippen LogP contribution >= 0.6 is 0 Å². The molecule has 0 aliphatic carbocycles. The third kappa shape index (κ3) is 2.71. The van der Waals surface area contributed by atoms with Crippen molar-refractivity contribution in [2.45, 2.75) is 19.8 Å². The van der Waals surface area contributed by atoms with E-state index in [1.165, 1.54) is 6.92 Å². The Balaban J connectivity index is 3.15. The highest BCUT2D eigenvalue weighted by molar-refractivity contribution is 5.70. The molecule has 0 radical (unpaired) electrons. The Morgan fingerprint density at radius 1 is 1.47 bits per heavy atom. The maximum absolute atomic E-state index is 13.2. The molecule has 0 unspecified atom stereocenters. The molecule has 0 saturated carbocycles. The summed E-state index contributed by atoms with van der Waals surface area (Å²) in [6.07, 6.45) is -3.25. The van der Waals surface area contributed by atoms with Gasteiger partial charge >= 0.3 is 5.97 Å². The first-order valence-electron chi connectivity index (χ1n) is 4.20. The number of rotatable bonds is 3. The second-order valence-electron chi connectivity index (χ2n) is 3.17. The van der Waals surface area contributed by atoms with Gasteiger partial charge in [0, 0.05) is 11.1 Å². The first-order valence-corrected chi connectivity index (χ1v) is 4.20. The van der Waals surface area contributed by atoms with Gasteiger partial charge in [-0.2, -0.15) is 0 Å². The fourth-order valence-electron chi connectivity index (χ4n) is 1.30. The minimum atomic E-state index is -2.75. The van der Waals surface area contributed by atoms with E-state index in [9.17, 15) is 18.0 Å². The van der Waals surface area contributed by atoms with Crippen LogP contribution in [0.5, 0.6) is 0 Å². The van der Waals surface area contributed by atoms with Crippen molar-refractivity contribution in [1.82, 2.24) is 0 Å². The molecule has 1 aromatic rings. The normalized spacial score (nSPS) is 10.7. The number of aliphatic carboxylic acids is 1. The van der Waals surface area contributed by atoms with Crippen molar-refractivity contribution in [3.05, 3.63) is 34.6 Å². The summed E-state index contributed by atoms with van der Waals surface area (Å²) in [6, 6.07) is 1.78. The third-order valence-corrected chi connectivity index (χ3v) is 2.02. The molecule has 82 valence electrons. The van der Waals surface area contributed by atoms with Crippen molar-refractivity contribution in [3.8, 4) is 0 Å². The number of carbonyl (C=O) groups is 1. The zero-order valence-corrected chi connectivity index (χ0v) is 7.93. The standard InChI is InChI=1S/C10H9F3O2/c1-5-2-6(10(12)13)3-8(11)7(5)4-9(14)15/h2-3,10H,4H2,1H3,(H,14,15). The predicted octanol–water partition coefficient (Wildman–Crippen LogP) is 2.70. The summed E-state index contributed by atoms with van der Waals surface area (Å²) >= 11 is 0. The van der Waals surface area contributed by atoms with Crippen LogP contribution < -0.4 is 0 Å². The van der Waals surface area contributed by atoms with E-state index >= 15 is 0 Å². The molecular weight excluding hydrogens is 209 g/mol. The van der Waals surface area contributed by atoms with Crippen molar-refractivity contribution in [1.29, 1.82) is 0 Å². The molecule has 15 heavy (non-hydrogen) atoms. The van der Waals surface area contributed by atoms with E-state index in [-0.39, 0.29) is 11.1 Å². The molecule has 0 aromatic heterocycles. The van der Waals surface area contributed by atoms with E-state index in [0.717, 1.165) is 6.07 Å². The SMILES string of the molecule is Cc1cc(C(F)F)cc(F)c1CC(=O)O. The van der Waals surface area contributed by atoms with Crippen LogP contribution in [-0.2, 0) is 11.2 Å².